The number of hydrogen-bond donors (Lipinski definition) is 0. The maximum Gasteiger partial charge on any atom is 0.244 e. The summed E-state index contributed by atoms with van der Waals surface area (Å²) in [6.07, 6.45) is 0. The van der Waals surface area contributed by atoms with E-state index in [1.54, 1.807) is 0 Å². The quantitative estimate of drug-likeness (QED) is 0.743. The molecule has 0 N–H and O–H groups in total. The molecule has 1 aliphatic rings. The number of benzene rings is 2. The summed E-state index contributed by atoms with van der Waals surface area (Å²) in [7, 11) is -3.63. The zero-order valence-corrected chi connectivity index (χ0v) is 16.7. The van der Waals surface area contributed by atoms with Crippen molar-refractivity contribution >= 4 is 38.9 Å². The van der Waals surface area contributed by atoms with Gasteiger partial charge in [-0.3, -0.25) is 0 Å². The maximum atomic E-state index is 12.8. The Bertz CT molecular complexity index is 865. The summed E-state index contributed by atoms with van der Waals surface area (Å²) in [5.41, 5.74) is 1.05. The second-order valence-electron chi connectivity index (χ2n) is 5.89. The molecule has 0 aromatic heterocycles. The molecule has 1 fully saturated rings. The van der Waals surface area contributed by atoms with E-state index in [1.807, 2.05) is 31.2 Å². The number of sulfonamides is 1. The number of ether oxygens (including phenoxy) is 1. The molecule has 0 spiro atoms. The van der Waals surface area contributed by atoms with Crippen molar-refractivity contribution in [3.05, 3.63) is 52.5 Å². The molecule has 0 radical (unpaired) electrons. The lowest BCUT2D eigenvalue weighted by molar-refractivity contribution is 0.340. The van der Waals surface area contributed by atoms with E-state index >= 15 is 0 Å². The van der Waals surface area contributed by atoms with E-state index in [0.717, 1.165) is 11.4 Å². The minimum atomic E-state index is -3.63. The van der Waals surface area contributed by atoms with Crippen molar-refractivity contribution in [2.75, 3.05) is 37.7 Å². The molecular formula is C18H20Cl2N2O3S. The molecule has 0 unspecified atom stereocenters. The normalized spacial score (nSPS) is 15.9. The molecule has 140 valence electrons. The van der Waals surface area contributed by atoms with Crippen molar-refractivity contribution in [1.29, 1.82) is 0 Å². The molecule has 1 aliphatic heterocycles. The van der Waals surface area contributed by atoms with E-state index in [0.29, 0.717) is 37.8 Å². The zero-order chi connectivity index (χ0) is 18.7. The second-order valence-corrected chi connectivity index (χ2v) is 8.64. The average Bonchev–Trinajstić information content (AvgIpc) is 2.62. The van der Waals surface area contributed by atoms with Gasteiger partial charge in [0.2, 0.25) is 10.0 Å². The highest BCUT2D eigenvalue weighted by Gasteiger charge is 2.30. The average molecular weight is 415 g/mol. The highest BCUT2D eigenvalue weighted by atomic mass is 35.5. The fourth-order valence-corrected chi connectivity index (χ4v) is 5.10. The monoisotopic (exact) mass is 414 g/mol. The van der Waals surface area contributed by atoms with E-state index in [2.05, 4.69) is 4.90 Å². The molecule has 0 bridgehead atoms. The van der Waals surface area contributed by atoms with Gasteiger partial charge in [0.05, 0.1) is 11.6 Å². The molecular weight excluding hydrogens is 395 g/mol. The Morgan fingerprint density at radius 2 is 1.65 bits per heavy atom. The summed E-state index contributed by atoms with van der Waals surface area (Å²) in [4.78, 5) is 2.25. The molecule has 2 aromatic carbocycles. The highest BCUT2D eigenvalue weighted by Crippen LogP contribution is 2.29. The van der Waals surface area contributed by atoms with Gasteiger partial charge in [-0.05, 0) is 49.4 Å². The van der Waals surface area contributed by atoms with Crippen LogP contribution >= 0.6 is 23.2 Å². The van der Waals surface area contributed by atoms with E-state index in [-0.39, 0.29) is 9.92 Å². The third kappa shape index (κ3) is 4.09. The number of hydrogen-bond acceptors (Lipinski definition) is 4. The number of nitrogens with zero attached hydrogens (tertiary/aromatic N) is 2. The Labute approximate surface area is 164 Å². The summed E-state index contributed by atoms with van der Waals surface area (Å²) < 4.78 is 32.6. The summed E-state index contributed by atoms with van der Waals surface area (Å²) in [6.45, 7) is 4.59. The summed E-state index contributed by atoms with van der Waals surface area (Å²) in [5, 5.41) is 0.556. The third-order valence-electron chi connectivity index (χ3n) is 4.26. The van der Waals surface area contributed by atoms with Crippen LogP contribution < -0.4 is 9.64 Å². The van der Waals surface area contributed by atoms with Gasteiger partial charge in [0.15, 0.2) is 0 Å². The lowest BCUT2D eigenvalue weighted by Gasteiger charge is -2.35. The zero-order valence-electron chi connectivity index (χ0n) is 14.4. The van der Waals surface area contributed by atoms with Crippen LogP contribution in [0.15, 0.2) is 47.4 Å². The fraction of sp³-hybridized carbons (Fsp3) is 0.333. The first-order valence-electron chi connectivity index (χ1n) is 8.35. The number of rotatable bonds is 5. The molecule has 0 atom stereocenters. The van der Waals surface area contributed by atoms with Gasteiger partial charge >= 0.3 is 0 Å². The van der Waals surface area contributed by atoms with E-state index in [1.165, 1.54) is 22.5 Å². The first-order valence-corrected chi connectivity index (χ1v) is 10.5. The highest BCUT2D eigenvalue weighted by molar-refractivity contribution is 7.89. The van der Waals surface area contributed by atoms with Crippen LogP contribution in [0.2, 0.25) is 10.0 Å². The summed E-state index contributed by atoms with van der Waals surface area (Å²) in [5.74, 6) is 0.829. The van der Waals surface area contributed by atoms with Crippen molar-refractivity contribution in [3.63, 3.8) is 0 Å². The van der Waals surface area contributed by atoms with Crippen molar-refractivity contribution in [2.24, 2.45) is 0 Å². The Kier molecular flexibility index (Phi) is 5.97. The molecule has 0 saturated carbocycles. The van der Waals surface area contributed by atoms with E-state index < -0.39 is 10.0 Å². The van der Waals surface area contributed by atoms with E-state index in [4.69, 9.17) is 27.9 Å². The van der Waals surface area contributed by atoms with Crippen LogP contribution in [0.4, 0.5) is 5.69 Å². The van der Waals surface area contributed by atoms with Crippen LogP contribution in [0, 0.1) is 0 Å². The van der Waals surface area contributed by atoms with Crippen LogP contribution in [0.1, 0.15) is 6.92 Å². The molecule has 1 saturated heterocycles. The number of halogens is 2. The Morgan fingerprint density at radius 1 is 1.00 bits per heavy atom. The summed E-state index contributed by atoms with van der Waals surface area (Å²) >= 11 is 11.9. The van der Waals surface area contributed by atoms with E-state index in [9.17, 15) is 8.42 Å². The van der Waals surface area contributed by atoms with Gasteiger partial charge in [-0.25, -0.2) is 8.42 Å². The second kappa shape index (κ2) is 8.05. The standard InChI is InChI=1S/C18H20Cl2N2O3S/c1-2-25-16-6-4-15(5-7-16)21-9-11-22(12-10-21)26(23,24)18-8-3-14(19)13-17(18)20/h3-8,13H,2,9-12H2,1H3. The predicted octanol–water partition coefficient (Wildman–Crippen LogP) is 3.90. The lowest BCUT2D eigenvalue weighted by atomic mass is 10.2. The van der Waals surface area contributed by atoms with Gasteiger partial charge in [0.25, 0.3) is 0 Å². The van der Waals surface area contributed by atoms with Gasteiger partial charge < -0.3 is 9.64 Å². The van der Waals surface area contributed by atoms with Crippen LogP contribution in [-0.4, -0.2) is 45.5 Å². The third-order valence-corrected chi connectivity index (χ3v) is 6.88. The molecule has 0 amide bonds. The van der Waals surface area contributed by atoms with Gasteiger partial charge in [-0.1, -0.05) is 23.2 Å². The lowest BCUT2D eigenvalue weighted by Crippen LogP contribution is -2.48. The SMILES string of the molecule is CCOc1ccc(N2CCN(S(=O)(=O)c3ccc(Cl)cc3Cl)CC2)cc1. The van der Waals surface area contributed by atoms with Crippen LogP contribution in [-0.2, 0) is 10.0 Å². The smallest absolute Gasteiger partial charge is 0.244 e. The Hall–Kier alpha value is -1.47. The summed E-state index contributed by atoms with van der Waals surface area (Å²) in [6, 6.07) is 12.3. The minimum Gasteiger partial charge on any atom is -0.494 e. The largest absolute Gasteiger partial charge is 0.494 e. The van der Waals surface area contributed by atoms with Crippen LogP contribution in [0.3, 0.4) is 0 Å². The molecule has 1 heterocycles. The molecule has 26 heavy (non-hydrogen) atoms. The van der Waals surface area contributed by atoms with Gasteiger partial charge in [-0.2, -0.15) is 4.31 Å². The van der Waals surface area contributed by atoms with Crippen LogP contribution in [0.25, 0.3) is 0 Å². The topological polar surface area (TPSA) is 49.9 Å². The van der Waals surface area contributed by atoms with Crippen LogP contribution in [0.5, 0.6) is 5.75 Å². The van der Waals surface area contributed by atoms with Crippen molar-refractivity contribution in [3.8, 4) is 5.75 Å². The first-order chi connectivity index (χ1) is 12.4. The molecule has 5 nitrogen and oxygen atoms in total. The molecule has 8 heteroatoms. The van der Waals surface area contributed by atoms with Crippen molar-refractivity contribution < 1.29 is 13.2 Å². The first kappa shape index (κ1) is 19.3. The Balaban J connectivity index is 1.69. The minimum absolute atomic E-state index is 0.0954. The molecule has 0 aliphatic carbocycles. The van der Waals surface area contributed by atoms with Gasteiger partial charge in [-0.15, -0.1) is 0 Å². The predicted molar refractivity (Wildman–Crippen MR) is 105 cm³/mol. The fourth-order valence-electron chi connectivity index (χ4n) is 2.93. The van der Waals surface area contributed by atoms with Crippen molar-refractivity contribution in [2.45, 2.75) is 11.8 Å². The number of piperazine rings is 1. The van der Waals surface area contributed by atoms with Gasteiger partial charge in [0.1, 0.15) is 10.6 Å². The molecule has 3 rings (SSSR count). The molecule has 2 aromatic rings. The van der Waals surface area contributed by atoms with Crippen molar-refractivity contribution in [1.82, 2.24) is 4.31 Å². The Morgan fingerprint density at radius 3 is 2.23 bits per heavy atom. The van der Waals surface area contributed by atoms with Gasteiger partial charge in [0, 0.05) is 36.9 Å². The maximum absolute atomic E-state index is 12.8. The number of anilines is 1.